The molecule has 0 radical (unpaired) electrons. The summed E-state index contributed by atoms with van der Waals surface area (Å²) in [7, 11) is 0. The molecule has 2 rings (SSSR count). The van der Waals surface area contributed by atoms with E-state index in [0.29, 0.717) is 0 Å². The predicted octanol–water partition coefficient (Wildman–Crippen LogP) is 3.47. The zero-order valence-corrected chi connectivity index (χ0v) is 14.0. The lowest BCUT2D eigenvalue weighted by molar-refractivity contribution is -0.125. The third-order valence-corrected chi connectivity index (χ3v) is 4.26. The zero-order chi connectivity index (χ0) is 16.9. The molecule has 2 aromatic rings. The van der Waals surface area contributed by atoms with Crippen LogP contribution in [0, 0.1) is 5.92 Å². The van der Waals surface area contributed by atoms with Gasteiger partial charge in [0.05, 0.1) is 18.1 Å². The number of rotatable bonds is 6. The first-order chi connectivity index (χ1) is 10.9. The fraction of sp³-hybridized carbons (Fsp3) is 0.350. The summed E-state index contributed by atoms with van der Waals surface area (Å²) in [6.07, 6.45) is -0.529. The molecule has 1 unspecified atom stereocenters. The van der Waals surface area contributed by atoms with Crippen molar-refractivity contribution in [2.45, 2.75) is 38.8 Å². The SMILES string of the molecule is CC(C)C(O)CC(=O)NC(C)(c1ccccc1)c1ccccc1. The summed E-state index contributed by atoms with van der Waals surface area (Å²) < 4.78 is 0. The standard InChI is InChI=1S/C20H25NO2/c1-15(2)18(22)14-19(23)21-20(3,16-10-6-4-7-11-16)17-12-8-5-9-13-17/h4-13,15,18,22H,14H2,1-3H3,(H,21,23). The molecule has 0 aromatic heterocycles. The van der Waals surface area contributed by atoms with E-state index >= 15 is 0 Å². The molecule has 23 heavy (non-hydrogen) atoms. The van der Waals surface area contributed by atoms with Crippen LogP contribution in [0.3, 0.4) is 0 Å². The van der Waals surface area contributed by atoms with Gasteiger partial charge in [0, 0.05) is 0 Å². The number of hydrogen-bond donors (Lipinski definition) is 2. The van der Waals surface area contributed by atoms with Gasteiger partial charge in [-0.25, -0.2) is 0 Å². The number of nitrogens with one attached hydrogen (secondary N) is 1. The molecule has 1 atom stereocenters. The maximum Gasteiger partial charge on any atom is 0.223 e. The van der Waals surface area contributed by atoms with Gasteiger partial charge in [-0.1, -0.05) is 74.5 Å². The van der Waals surface area contributed by atoms with Gasteiger partial charge in [-0.3, -0.25) is 4.79 Å². The molecule has 0 heterocycles. The lowest BCUT2D eigenvalue weighted by Crippen LogP contribution is -2.45. The minimum atomic E-state index is -0.634. The minimum Gasteiger partial charge on any atom is -0.392 e. The molecule has 0 spiro atoms. The van der Waals surface area contributed by atoms with Gasteiger partial charge < -0.3 is 10.4 Å². The number of amides is 1. The number of benzene rings is 2. The Hall–Kier alpha value is -2.13. The number of hydrogen-bond acceptors (Lipinski definition) is 2. The van der Waals surface area contributed by atoms with Crippen LogP contribution in [0.2, 0.25) is 0 Å². The van der Waals surface area contributed by atoms with Crippen molar-refractivity contribution in [1.82, 2.24) is 5.32 Å². The Morgan fingerprint density at radius 3 is 1.83 bits per heavy atom. The number of aliphatic hydroxyl groups excluding tert-OH is 1. The lowest BCUT2D eigenvalue weighted by atomic mass is 9.84. The first-order valence-corrected chi connectivity index (χ1v) is 8.03. The molecule has 3 heteroatoms. The van der Waals surface area contributed by atoms with Gasteiger partial charge >= 0.3 is 0 Å². The molecule has 2 N–H and O–H groups in total. The van der Waals surface area contributed by atoms with Crippen LogP contribution in [0.1, 0.15) is 38.3 Å². The largest absolute Gasteiger partial charge is 0.392 e. The molecule has 0 saturated heterocycles. The Balaban J connectivity index is 2.30. The van der Waals surface area contributed by atoms with E-state index in [4.69, 9.17) is 0 Å². The zero-order valence-electron chi connectivity index (χ0n) is 14.0. The van der Waals surface area contributed by atoms with Crippen LogP contribution in [0.15, 0.2) is 60.7 Å². The third-order valence-electron chi connectivity index (χ3n) is 4.26. The molecule has 0 saturated carbocycles. The van der Waals surface area contributed by atoms with Crippen LogP contribution < -0.4 is 5.32 Å². The highest BCUT2D eigenvalue weighted by atomic mass is 16.3. The summed E-state index contributed by atoms with van der Waals surface area (Å²) in [6.45, 7) is 5.81. The van der Waals surface area contributed by atoms with Gasteiger partial charge in [-0.05, 0) is 24.0 Å². The molecule has 3 nitrogen and oxygen atoms in total. The summed E-state index contributed by atoms with van der Waals surface area (Å²) in [5, 5.41) is 13.1. The van der Waals surface area contributed by atoms with Gasteiger partial charge in [0.2, 0.25) is 5.91 Å². The van der Waals surface area contributed by atoms with Crippen LogP contribution in [-0.2, 0) is 10.3 Å². The smallest absolute Gasteiger partial charge is 0.223 e. The number of aliphatic hydroxyl groups is 1. The fourth-order valence-electron chi connectivity index (χ4n) is 2.61. The average molecular weight is 311 g/mol. The van der Waals surface area contributed by atoms with E-state index in [1.807, 2.05) is 81.4 Å². The Morgan fingerprint density at radius 1 is 1.00 bits per heavy atom. The first-order valence-electron chi connectivity index (χ1n) is 8.03. The van der Waals surface area contributed by atoms with Crippen LogP contribution >= 0.6 is 0 Å². The Bertz CT molecular complexity index is 583. The van der Waals surface area contributed by atoms with E-state index in [1.165, 1.54) is 0 Å². The van der Waals surface area contributed by atoms with E-state index in [1.54, 1.807) is 0 Å². The fourth-order valence-corrected chi connectivity index (χ4v) is 2.61. The molecule has 0 aliphatic heterocycles. The van der Waals surface area contributed by atoms with Crippen LogP contribution in [0.4, 0.5) is 0 Å². The molecule has 0 aliphatic carbocycles. The number of carbonyl (C=O) groups is 1. The van der Waals surface area contributed by atoms with E-state index in [9.17, 15) is 9.90 Å². The molecular formula is C20H25NO2. The summed E-state index contributed by atoms with van der Waals surface area (Å²) in [5.74, 6) is -0.0955. The van der Waals surface area contributed by atoms with Crippen LogP contribution in [0.5, 0.6) is 0 Å². The van der Waals surface area contributed by atoms with Crippen molar-refractivity contribution in [3.63, 3.8) is 0 Å². The topological polar surface area (TPSA) is 49.3 Å². The second kappa shape index (κ2) is 7.42. The van der Waals surface area contributed by atoms with E-state index in [2.05, 4.69) is 5.32 Å². The normalized spacial score (nSPS) is 12.9. The molecule has 2 aromatic carbocycles. The highest BCUT2D eigenvalue weighted by Crippen LogP contribution is 2.29. The quantitative estimate of drug-likeness (QED) is 0.858. The first kappa shape index (κ1) is 17.2. The third kappa shape index (κ3) is 4.20. The molecule has 1 amide bonds. The van der Waals surface area contributed by atoms with Crippen molar-refractivity contribution in [3.05, 3.63) is 71.8 Å². The maximum atomic E-state index is 12.4. The van der Waals surface area contributed by atoms with Crippen molar-refractivity contribution in [2.24, 2.45) is 5.92 Å². The molecule has 0 fully saturated rings. The van der Waals surface area contributed by atoms with Crippen molar-refractivity contribution in [2.75, 3.05) is 0 Å². The molecular weight excluding hydrogens is 286 g/mol. The number of carbonyl (C=O) groups excluding carboxylic acids is 1. The molecule has 0 aliphatic rings. The van der Waals surface area contributed by atoms with Gasteiger partial charge in [0.1, 0.15) is 0 Å². The van der Waals surface area contributed by atoms with Crippen LogP contribution in [0.25, 0.3) is 0 Å². The van der Waals surface area contributed by atoms with Gasteiger partial charge in [-0.2, -0.15) is 0 Å². The Kier molecular flexibility index (Phi) is 5.56. The monoisotopic (exact) mass is 311 g/mol. The highest BCUT2D eigenvalue weighted by molar-refractivity contribution is 5.78. The maximum absolute atomic E-state index is 12.4. The Morgan fingerprint density at radius 2 is 1.43 bits per heavy atom. The minimum absolute atomic E-state index is 0.0560. The van der Waals surface area contributed by atoms with E-state index in [0.717, 1.165) is 11.1 Å². The van der Waals surface area contributed by atoms with Gasteiger partial charge in [-0.15, -0.1) is 0 Å². The van der Waals surface area contributed by atoms with Crippen LogP contribution in [-0.4, -0.2) is 17.1 Å². The lowest BCUT2D eigenvalue weighted by Gasteiger charge is -2.33. The van der Waals surface area contributed by atoms with Crippen molar-refractivity contribution in [3.8, 4) is 0 Å². The highest BCUT2D eigenvalue weighted by Gasteiger charge is 2.31. The van der Waals surface area contributed by atoms with E-state index < -0.39 is 11.6 Å². The second-order valence-corrected chi connectivity index (χ2v) is 6.42. The van der Waals surface area contributed by atoms with Gasteiger partial charge in [0.25, 0.3) is 0 Å². The second-order valence-electron chi connectivity index (χ2n) is 6.42. The van der Waals surface area contributed by atoms with Gasteiger partial charge in [0.15, 0.2) is 0 Å². The summed E-state index contributed by atoms with van der Waals surface area (Å²) in [6, 6.07) is 19.8. The molecule has 0 bridgehead atoms. The van der Waals surface area contributed by atoms with Crippen molar-refractivity contribution in [1.29, 1.82) is 0 Å². The summed E-state index contributed by atoms with van der Waals surface area (Å²) >= 11 is 0. The predicted molar refractivity (Wildman–Crippen MR) is 92.9 cm³/mol. The van der Waals surface area contributed by atoms with E-state index in [-0.39, 0.29) is 18.2 Å². The molecule has 122 valence electrons. The summed E-state index contributed by atoms with van der Waals surface area (Å²) in [4.78, 5) is 12.4. The Labute approximate surface area is 138 Å². The average Bonchev–Trinajstić information content (AvgIpc) is 2.56. The summed E-state index contributed by atoms with van der Waals surface area (Å²) in [5.41, 5.74) is 1.40. The van der Waals surface area contributed by atoms with Crippen molar-refractivity contribution < 1.29 is 9.90 Å². The van der Waals surface area contributed by atoms with Crippen molar-refractivity contribution >= 4 is 5.91 Å².